The summed E-state index contributed by atoms with van der Waals surface area (Å²) in [6, 6.07) is 16.8. The predicted octanol–water partition coefficient (Wildman–Crippen LogP) is 3.86. The highest BCUT2D eigenvalue weighted by atomic mass is 35.5. The lowest BCUT2D eigenvalue weighted by atomic mass is 9.83. The van der Waals surface area contributed by atoms with Crippen molar-refractivity contribution in [2.75, 3.05) is 18.1 Å². The van der Waals surface area contributed by atoms with Crippen molar-refractivity contribution in [2.45, 2.75) is 6.42 Å². The Kier molecular flexibility index (Phi) is 4.87. The molecule has 1 heterocycles. The fraction of sp³-hybridized carbons (Fsp3) is 0.120. The van der Waals surface area contributed by atoms with Gasteiger partial charge in [0.05, 0.1) is 16.1 Å². The van der Waals surface area contributed by atoms with Crippen molar-refractivity contribution in [3.05, 3.63) is 99.1 Å². The van der Waals surface area contributed by atoms with E-state index < -0.39 is 18.4 Å². The van der Waals surface area contributed by atoms with Gasteiger partial charge in [-0.25, -0.2) is 4.79 Å². The molecule has 0 saturated carbocycles. The molecule has 0 radical (unpaired) electrons. The van der Waals surface area contributed by atoms with Crippen molar-refractivity contribution in [1.29, 1.82) is 0 Å². The summed E-state index contributed by atoms with van der Waals surface area (Å²) in [5, 5.41) is -0.153. The molecule has 1 amide bonds. The van der Waals surface area contributed by atoms with Gasteiger partial charge in [-0.2, -0.15) is 0 Å². The Balaban J connectivity index is 1.37. The summed E-state index contributed by atoms with van der Waals surface area (Å²) < 4.78 is 5.21. The summed E-state index contributed by atoms with van der Waals surface area (Å²) in [6.45, 7) is 0.0572. The summed E-state index contributed by atoms with van der Waals surface area (Å²) in [7, 11) is 0. The van der Waals surface area contributed by atoms with E-state index in [0.717, 1.165) is 17.7 Å². The van der Waals surface area contributed by atoms with E-state index in [-0.39, 0.29) is 39.0 Å². The van der Waals surface area contributed by atoms with Gasteiger partial charge < -0.3 is 9.64 Å². The Bertz CT molecular complexity index is 1330. The molecular formula is C25H16ClNO5. The highest BCUT2D eigenvalue weighted by Crippen LogP contribution is 2.34. The van der Waals surface area contributed by atoms with Crippen LogP contribution in [0.25, 0.3) is 0 Å². The second-order valence-electron chi connectivity index (χ2n) is 7.55. The van der Waals surface area contributed by atoms with Gasteiger partial charge in [-0.1, -0.05) is 54.1 Å². The molecule has 6 nitrogen and oxygen atoms in total. The number of esters is 1. The molecular weight excluding hydrogens is 430 g/mol. The number of para-hydroxylation sites is 1. The van der Waals surface area contributed by atoms with E-state index in [1.165, 1.54) is 12.1 Å². The molecule has 0 bridgehead atoms. The fourth-order valence-corrected chi connectivity index (χ4v) is 4.51. The van der Waals surface area contributed by atoms with Gasteiger partial charge in [0.2, 0.25) is 0 Å². The second kappa shape index (κ2) is 7.73. The largest absolute Gasteiger partial charge is 0.452 e. The van der Waals surface area contributed by atoms with Crippen LogP contribution in [-0.4, -0.2) is 36.6 Å². The molecule has 0 saturated heterocycles. The van der Waals surface area contributed by atoms with E-state index in [1.807, 2.05) is 24.3 Å². The third kappa shape index (κ3) is 3.11. The van der Waals surface area contributed by atoms with Gasteiger partial charge in [-0.3, -0.25) is 14.4 Å². The number of halogens is 1. The van der Waals surface area contributed by atoms with Crippen LogP contribution in [0.1, 0.15) is 47.8 Å². The zero-order valence-corrected chi connectivity index (χ0v) is 17.5. The third-order valence-corrected chi connectivity index (χ3v) is 6.16. The summed E-state index contributed by atoms with van der Waals surface area (Å²) in [5.41, 5.74) is 2.45. The van der Waals surface area contributed by atoms with Crippen molar-refractivity contribution in [2.24, 2.45) is 0 Å². The van der Waals surface area contributed by atoms with E-state index in [1.54, 1.807) is 29.2 Å². The van der Waals surface area contributed by atoms with Crippen LogP contribution in [0.5, 0.6) is 0 Å². The number of rotatable bonds is 3. The highest BCUT2D eigenvalue weighted by molar-refractivity contribution is 6.41. The molecule has 7 heteroatoms. The molecule has 1 aliphatic carbocycles. The standard InChI is InChI=1S/C25H16ClNO5/c26-22-18(10-9-17-21(22)24(30)16-7-3-2-6-15(16)23(17)29)25(31)32-13-20(28)27-12-11-14-5-1-4-8-19(14)27/h1-10H,11-13H2. The van der Waals surface area contributed by atoms with E-state index in [9.17, 15) is 19.2 Å². The zero-order chi connectivity index (χ0) is 22.4. The number of anilines is 1. The molecule has 0 fully saturated rings. The van der Waals surface area contributed by atoms with E-state index in [2.05, 4.69) is 0 Å². The lowest BCUT2D eigenvalue weighted by Gasteiger charge is -2.20. The number of carbonyl (C=O) groups is 4. The third-order valence-electron chi connectivity index (χ3n) is 5.76. The number of nitrogens with zero attached hydrogens (tertiary/aromatic N) is 1. The molecule has 1 aliphatic heterocycles. The van der Waals surface area contributed by atoms with Crippen molar-refractivity contribution in [3.63, 3.8) is 0 Å². The Morgan fingerprint density at radius 1 is 0.875 bits per heavy atom. The Morgan fingerprint density at radius 2 is 1.56 bits per heavy atom. The van der Waals surface area contributed by atoms with Crippen LogP contribution < -0.4 is 4.90 Å². The van der Waals surface area contributed by atoms with E-state index >= 15 is 0 Å². The Hall–Kier alpha value is -3.77. The number of amides is 1. The lowest BCUT2D eigenvalue weighted by molar-refractivity contribution is -0.121. The minimum Gasteiger partial charge on any atom is -0.452 e. The number of ether oxygens (including phenoxy) is 1. The molecule has 0 atom stereocenters. The van der Waals surface area contributed by atoms with Gasteiger partial charge in [0.15, 0.2) is 18.2 Å². The summed E-state index contributed by atoms with van der Waals surface area (Å²) in [4.78, 5) is 52.6. The maximum Gasteiger partial charge on any atom is 0.340 e. The second-order valence-corrected chi connectivity index (χ2v) is 7.93. The molecule has 0 aromatic heterocycles. The van der Waals surface area contributed by atoms with E-state index in [4.69, 9.17) is 16.3 Å². The Morgan fingerprint density at radius 3 is 2.34 bits per heavy atom. The first kappa shape index (κ1) is 20.2. The number of benzene rings is 3. The van der Waals surface area contributed by atoms with Crippen LogP contribution in [0.15, 0.2) is 60.7 Å². The van der Waals surface area contributed by atoms with Gasteiger partial charge in [0, 0.05) is 28.9 Å². The maximum absolute atomic E-state index is 13.0. The number of carbonyl (C=O) groups excluding carboxylic acids is 4. The molecule has 3 aromatic carbocycles. The molecule has 32 heavy (non-hydrogen) atoms. The maximum atomic E-state index is 13.0. The van der Waals surface area contributed by atoms with Crippen LogP contribution in [-0.2, 0) is 16.0 Å². The van der Waals surface area contributed by atoms with Gasteiger partial charge in [0.25, 0.3) is 5.91 Å². The Labute approximate surface area is 188 Å². The zero-order valence-electron chi connectivity index (χ0n) is 16.8. The SMILES string of the molecule is O=C(OCC(=O)N1CCc2ccccc21)c1ccc2c(c1Cl)C(=O)c1ccccc1C2=O. The van der Waals surface area contributed by atoms with Crippen LogP contribution in [0.2, 0.25) is 5.02 Å². The number of fused-ring (bicyclic) bond motifs is 3. The van der Waals surface area contributed by atoms with Crippen molar-refractivity contribution >= 4 is 40.7 Å². The minimum atomic E-state index is -0.835. The predicted molar refractivity (Wildman–Crippen MR) is 118 cm³/mol. The van der Waals surface area contributed by atoms with Gasteiger partial charge >= 0.3 is 5.97 Å². The molecule has 0 unspecified atom stereocenters. The first-order chi connectivity index (χ1) is 15.5. The number of hydrogen-bond acceptors (Lipinski definition) is 5. The summed E-state index contributed by atoms with van der Waals surface area (Å²) >= 11 is 6.39. The monoisotopic (exact) mass is 445 g/mol. The molecule has 2 aliphatic rings. The van der Waals surface area contributed by atoms with E-state index in [0.29, 0.717) is 12.1 Å². The minimum absolute atomic E-state index is 0.0235. The van der Waals surface area contributed by atoms with Crippen molar-refractivity contribution in [3.8, 4) is 0 Å². The first-order valence-corrected chi connectivity index (χ1v) is 10.4. The molecule has 158 valence electrons. The fourth-order valence-electron chi connectivity index (χ4n) is 4.18. The quantitative estimate of drug-likeness (QED) is 0.447. The number of hydrogen-bond donors (Lipinski definition) is 0. The van der Waals surface area contributed by atoms with Crippen LogP contribution in [0, 0.1) is 0 Å². The highest BCUT2D eigenvalue weighted by Gasteiger charge is 2.33. The van der Waals surface area contributed by atoms with Gasteiger partial charge in [-0.15, -0.1) is 0 Å². The van der Waals surface area contributed by atoms with Crippen molar-refractivity contribution < 1.29 is 23.9 Å². The number of ketones is 2. The van der Waals surface area contributed by atoms with Crippen LogP contribution in [0.3, 0.4) is 0 Å². The average Bonchev–Trinajstić information content (AvgIpc) is 3.25. The smallest absolute Gasteiger partial charge is 0.340 e. The van der Waals surface area contributed by atoms with Gasteiger partial charge in [0.1, 0.15) is 0 Å². The molecule has 5 rings (SSSR count). The molecule has 0 spiro atoms. The summed E-state index contributed by atoms with van der Waals surface area (Å²) in [6.07, 6.45) is 0.740. The topological polar surface area (TPSA) is 80.8 Å². The van der Waals surface area contributed by atoms with Crippen LogP contribution in [0.4, 0.5) is 5.69 Å². The molecule has 3 aromatic rings. The summed E-state index contributed by atoms with van der Waals surface area (Å²) in [5.74, 6) is -1.95. The van der Waals surface area contributed by atoms with Crippen molar-refractivity contribution in [1.82, 2.24) is 0 Å². The molecule has 0 N–H and O–H groups in total. The average molecular weight is 446 g/mol. The van der Waals surface area contributed by atoms with Gasteiger partial charge in [-0.05, 0) is 30.2 Å². The normalized spacial score (nSPS) is 14.0. The van der Waals surface area contributed by atoms with Crippen LogP contribution >= 0.6 is 11.6 Å². The lowest BCUT2D eigenvalue weighted by Crippen LogP contribution is -2.33. The first-order valence-electron chi connectivity index (χ1n) is 10.0.